The third kappa shape index (κ3) is 18.5. The first kappa shape index (κ1) is 34.7. The number of hydrogen-bond acceptors (Lipinski definition) is 0. The Morgan fingerprint density at radius 1 is 1.09 bits per heavy atom. The van der Waals surface area contributed by atoms with Gasteiger partial charge in [0.1, 0.15) is 0 Å². The van der Waals surface area contributed by atoms with Gasteiger partial charge in [0.25, 0.3) is 0 Å². The van der Waals surface area contributed by atoms with Gasteiger partial charge in [0.15, 0.2) is 0 Å². The molecule has 1 nitrogen and oxygen atoms in total. The van der Waals surface area contributed by atoms with E-state index in [0.29, 0.717) is 0 Å². The standard InChI is InChI=1S/C10H8Br.C4H10N.C2H6Si.3CH3.Zr/c1-7-5-8-3-2-4-10(11)9(8)6-7;1-4(2,3)5;1-3-2;;;;/h2-6H,1H3;5H,1-3H3;1-2H3;3*1H3;/q2*-1;;3*-1;. The van der Waals surface area contributed by atoms with Crippen molar-refractivity contribution in [2.75, 3.05) is 0 Å². The van der Waals surface area contributed by atoms with Gasteiger partial charge in [0.2, 0.25) is 0 Å². The van der Waals surface area contributed by atoms with Gasteiger partial charge in [-0.15, -0.1) is 40.1 Å². The second-order valence-electron chi connectivity index (χ2n) is 5.53. The Bertz CT molecular complexity index is 484. The maximum Gasteiger partial charge on any atom is 0.0307 e. The number of rotatable bonds is 0. The van der Waals surface area contributed by atoms with Crippen molar-refractivity contribution in [2.45, 2.75) is 46.3 Å². The minimum absolute atomic E-state index is 0. The Morgan fingerprint density at radius 2 is 1.48 bits per heavy atom. The molecule has 2 aromatic carbocycles. The first-order valence-corrected chi connectivity index (χ1v) is 9.13. The van der Waals surface area contributed by atoms with Crippen LogP contribution in [0.2, 0.25) is 13.1 Å². The van der Waals surface area contributed by atoms with Crippen LogP contribution < -0.4 is 0 Å². The van der Waals surface area contributed by atoms with Crippen LogP contribution in [0.3, 0.4) is 0 Å². The zero-order valence-electron chi connectivity index (χ0n) is 16.3. The molecule has 2 rings (SSSR count). The minimum Gasteiger partial charge on any atom is -0.673 e. The molecule has 2 aromatic rings. The van der Waals surface area contributed by atoms with E-state index in [2.05, 4.69) is 66.3 Å². The summed E-state index contributed by atoms with van der Waals surface area (Å²) in [5, 5.41) is 2.63. The first-order valence-electron chi connectivity index (χ1n) is 6.34. The van der Waals surface area contributed by atoms with E-state index in [0.717, 1.165) is 9.52 Å². The van der Waals surface area contributed by atoms with Gasteiger partial charge in [-0.2, -0.15) is 6.07 Å². The largest absolute Gasteiger partial charge is 0.673 e. The molecule has 0 saturated heterocycles. The Hall–Kier alpha value is 0.370. The van der Waals surface area contributed by atoms with Gasteiger partial charge in [-0.1, -0.05) is 62.8 Å². The molecule has 0 aromatic heterocycles. The average molecular weight is 475 g/mol. The predicted octanol–water partition coefficient (Wildman–Crippen LogP) is 7.60. The number of nitrogens with one attached hydrogen (secondary N) is 1. The molecule has 0 aliphatic rings. The molecule has 4 heteroatoms. The molecule has 0 aliphatic heterocycles. The molecule has 0 bridgehead atoms. The molecule has 0 saturated carbocycles. The van der Waals surface area contributed by atoms with Crippen LogP contribution in [0.1, 0.15) is 26.3 Å². The Kier molecular flexibility index (Phi) is 25.9. The summed E-state index contributed by atoms with van der Waals surface area (Å²) in [7, 11) is 1.08. The molecule has 0 spiro atoms. The van der Waals surface area contributed by atoms with Gasteiger partial charge < -0.3 is 28.0 Å². The van der Waals surface area contributed by atoms with Crippen LogP contribution >= 0.6 is 15.9 Å². The van der Waals surface area contributed by atoms with Crippen molar-refractivity contribution in [1.29, 1.82) is 0 Å². The fourth-order valence-corrected chi connectivity index (χ4v) is 1.84. The summed E-state index contributed by atoms with van der Waals surface area (Å²) in [6.07, 6.45) is 0. The van der Waals surface area contributed by atoms with Gasteiger partial charge in [-0.3, -0.25) is 0 Å². The van der Waals surface area contributed by atoms with Crippen LogP contribution in [0, 0.1) is 29.2 Å². The number of aryl methyl sites for hydroxylation is 1. The molecule has 0 unspecified atom stereocenters. The Labute approximate surface area is 176 Å². The first-order chi connectivity index (χ1) is 8.69. The van der Waals surface area contributed by atoms with Crippen molar-refractivity contribution < 1.29 is 26.2 Å². The van der Waals surface area contributed by atoms with Crippen LogP contribution in [-0.2, 0) is 26.2 Å². The summed E-state index contributed by atoms with van der Waals surface area (Å²) >= 11 is 3.51. The van der Waals surface area contributed by atoms with E-state index in [-0.39, 0.29) is 54.0 Å². The summed E-state index contributed by atoms with van der Waals surface area (Å²) in [5.74, 6) is 0. The number of benzene rings is 1. The third-order valence-corrected chi connectivity index (χ3v) is 2.53. The van der Waals surface area contributed by atoms with E-state index in [4.69, 9.17) is 5.73 Å². The molecule has 23 heavy (non-hydrogen) atoms. The molecule has 2 radical (unpaired) electrons. The molecule has 0 amide bonds. The van der Waals surface area contributed by atoms with Crippen LogP contribution in [-0.4, -0.2) is 15.1 Å². The van der Waals surface area contributed by atoms with Crippen LogP contribution in [0.5, 0.6) is 0 Å². The molecular weight excluding hydrogens is 441 g/mol. The fraction of sp³-hybridized carbons (Fsp3) is 0.368. The quantitative estimate of drug-likeness (QED) is 0.277. The van der Waals surface area contributed by atoms with Gasteiger partial charge >= 0.3 is 0 Å². The van der Waals surface area contributed by atoms with Crippen molar-refractivity contribution in [2.24, 2.45) is 0 Å². The SMILES string of the molecule is CC(C)(C)[NH-].C[Si]C.Cc1cc2c(Br)cccc2[cH-]1.[CH3-].[CH3-].[CH3-].[Zr]. The zero-order chi connectivity index (χ0) is 15.1. The van der Waals surface area contributed by atoms with Gasteiger partial charge in [0, 0.05) is 35.7 Å². The topological polar surface area (TPSA) is 23.8 Å². The molecule has 0 heterocycles. The maximum atomic E-state index is 6.94. The zero-order valence-corrected chi connectivity index (χ0v) is 21.3. The van der Waals surface area contributed by atoms with Crippen LogP contribution in [0.15, 0.2) is 34.8 Å². The van der Waals surface area contributed by atoms with Crippen molar-refractivity contribution in [3.05, 3.63) is 68.4 Å². The Balaban J connectivity index is -0.0000000793. The number of halogens is 1. The second-order valence-corrected chi connectivity index (χ2v) is 7.38. The molecule has 0 atom stereocenters. The van der Waals surface area contributed by atoms with Gasteiger partial charge in [0.05, 0.1) is 0 Å². The summed E-state index contributed by atoms with van der Waals surface area (Å²) in [5.41, 5.74) is 8.01. The Morgan fingerprint density at radius 3 is 1.83 bits per heavy atom. The van der Waals surface area contributed by atoms with Crippen LogP contribution in [0.4, 0.5) is 0 Å². The summed E-state index contributed by atoms with van der Waals surface area (Å²) < 4.78 is 1.18. The van der Waals surface area contributed by atoms with Gasteiger partial charge in [-0.05, 0) is 4.47 Å². The van der Waals surface area contributed by atoms with Gasteiger partial charge in [-0.25, -0.2) is 0 Å². The predicted molar refractivity (Wildman–Crippen MR) is 113 cm³/mol. The maximum absolute atomic E-state index is 6.94. The average Bonchev–Trinajstić information content (AvgIpc) is 2.58. The fourth-order valence-electron chi connectivity index (χ4n) is 1.35. The van der Waals surface area contributed by atoms with E-state index in [1.165, 1.54) is 20.8 Å². The summed E-state index contributed by atoms with van der Waals surface area (Å²) in [6.45, 7) is 12.0. The molecule has 0 aliphatic carbocycles. The third-order valence-electron chi connectivity index (χ3n) is 1.84. The van der Waals surface area contributed by atoms with Crippen LogP contribution in [0.25, 0.3) is 16.5 Å². The van der Waals surface area contributed by atoms with E-state index in [1.54, 1.807) is 0 Å². The molecule has 0 fully saturated rings. The molecular formula is C19H33BrNSiZr-5. The number of hydrogen-bond donors (Lipinski definition) is 0. The minimum atomic E-state index is -0.250. The van der Waals surface area contributed by atoms with Crippen molar-refractivity contribution >= 4 is 36.2 Å². The molecule has 1 N–H and O–H groups in total. The monoisotopic (exact) mass is 472 g/mol. The van der Waals surface area contributed by atoms with Crippen molar-refractivity contribution in [3.63, 3.8) is 0 Å². The van der Waals surface area contributed by atoms with Crippen molar-refractivity contribution in [1.82, 2.24) is 0 Å². The van der Waals surface area contributed by atoms with E-state index < -0.39 is 0 Å². The van der Waals surface area contributed by atoms with Crippen molar-refractivity contribution in [3.8, 4) is 0 Å². The summed E-state index contributed by atoms with van der Waals surface area (Å²) in [4.78, 5) is 0. The normalized spacial score (nSPS) is 8.52. The smallest absolute Gasteiger partial charge is 0.0307 e. The van der Waals surface area contributed by atoms with E-state index in [1.807, 2.05) is 20.8 Å². The van der Waals surface area contributed by atoms with E-state index in [9.17, 15) is 0 Å². The summed E-state index contributed by atoms with van der Waals surface area (Å²) in [6, 6.07) is 10.7. The second kappa shape index (κ2) is 17.2. The van der Waals surface area contributed by atoms with E-state index >= 15 is 0 Å². The number of fused-ring (bicyclic) bond motifs is 1. The molecule has 134 valence electrons.